The lowest BCUT2D eigenvalue weighted by molar-refractivity contribution is -0.288. The first kappa shape index (κ1) is 24.1. The topological polar surface area (TPSA) is 124 Å². The van der Waals surface area contributed by atoms with E-state index < -0.39 is 60.4 Å². The summed E-state index contributed by atoms with van der Waals surface area (Å²) in [6.45, 7) is 4.14. The van der Waals surface area contributed by atoms with E-state index in [0.717, 1.165) is 32.9 Å². The third kappa shape index (κ3) is 7.21. The molecule has 1 aliphatic rings. The number of hydrogen-bond donors (Lipinski definition) is 0. The number of carbonyl (C=O) groups excluding carboxylic acids is 4. The molecule has 0 N–H and O–H groups in total. The van der Waals surface area contributed by atoms with Crippen LogP contribution in [-0.2, 0) is 42.9 Å². The second-order valence-corrected chi connectivity index (χ2v) is 6.64. The first-order chi connectivity index (χ1) is 14.6. The summed E-state index contributed by atoms with van der Waals surface area (Å²) in [6.07, 6.45) is -6.48. The molecule has 11 heteroatoms. The smallest absolute Gasteiger partial charge is 0.303 e. The number of hydrogen-bond acceptors (Lipinski definition) is 10. The lowest BCUT2D eigenvalue weighted by Crippen LogP contribution is -2.63. The van der Waals surface area contributed by atoms with Gasteiger partial charge in [0, 0.05) is 27.7 Å². The van der Waals surface area contributed by atoms with Crippen molar-refractivity contribution >= 4 is 23.9 Å². The summed E-state index contributed by atoms with van der Waals surface area (Å²) < 4.78 is 45.4. The summed E-state index contributed by atoms with van der Waals surface area (Å²) in [5.74, 6) is -3.23. The van der Waals surface area contributed by atoms with Gasteiger partial charge in [0.25, 0.3) is 0 Å². The highest BCUT2D eigenvalue weighted by Gasteiger charge is 2.53. The average molecular weight is 442 g/mol. The van der Waals surface area contributed by atoms with E-state index in [2.05, 4.69) is 0 Å². The third-order valence-corrected chi connectivity index (χ3v) is 4.01. The first-order valence-electron chi connectivity index (χ1n) is 9.29. The molecule has 1 aliphatic heterocycles. The zero-order chi connectivity index (χ0) is 23.1. The molecule has 0 radical (unpaired) electrons. The Morgan fingerprint density at radius 3 is 1.84 bits per heavy atom. The van der Waals surface area contributed by atoms with Crippen LogP contribution in [0.2, 0.25) is 0 Å². The van der Waals surface area contributed by atoms with Gasteiger partial charge in [-0.05, 0) is 24.3 Å². The van der Waals surface area contributed by atoms with Gasteiger partial charge >= 0.3 is 23.9 Å². The van der Waals surface area contributed by atoms with Gasteiger partial charge in [0.1, 0.15) is 24.3 Å². The van der Waals surface area contributed by atoms with E-state index in [4.69, 9.17) is 28.4 Å². The van der Waals surface area contributed by atoms with E-state index in [9.17, 15) is 23.6 Å². The van der Waals surface area contributed by atoms with Gasteiger partial charge in [-0.1, -0.05) is 0 Å². The van der Waals surface area contributed by atoms with Gasteiger partial charge in [0.15, 0.2) is 12.2 Å². The van der Waals surface area contributed by atoms with Crippen molar-refractivity contribution in [2.24, 2.45) is 0 Å². The molecule has 0 aliphatic carbocycles. The molecular formula is C20H23FO10. The van der Waals surface area contributed by atoms with Crippen LogP contribution in [0.3, 0.4) is 0 Å². The van der Waals surface area contributed by atoms with Crippen LogP contribution in [0.5, 0.6) is 5.75 Å². The Bertz CT molecular complexity index is 809. The SMILES string of the molecule is CC(=O)OC[C@H]1O[C@@H](Oc2ccc(F)cc2)[C@H](OC(C)=O)[C@@H](OC(C)=O)[C@@H]1OC(C)=O. The van der Waals surface area contributed by atoms with Crippen molar-refractivity contribution in [3.05, 3.63) is 30.1 Å². The highest BCUT2D eigenvalue weighted by molar-refractivity contribution is 5.68. The van der Waals surface area contributed by atoms with Crippen molar-refractivity contribution in [3.63, 3.8) is 0 Å². The Morgan fingerprint density at radius 2 is 1.32 bits per heavy atom. The summed E-state index contributed by atoms with van der Waals surface area (Å²) in [7, 11) is 0. The second kappa shape index (κ2) is 10.7. The van der Waals surface area contributed by atoms with Crippen LogP contribution in [0.1, 0.15) is 27.7 Å². The van der Waals surface area contributed by atoms with E-state index in [1.54, 1.807) is 0 Å². The monoisotopic (exact) mass is 442 g/mol. The molecule has 1 aromatic carbocycles. The lowest BCUT2D eigenvalue weighted by atomic mass is 9.98. The number of halogens is 1. The van der Waals surface area contributed by atoms with Crippen molar-refractivity contribution in [1.82, 2.24) is 0 Å². The maximum absolute atomic E-state index is 13.2. The van der Waals surface area contributed by atoms with Crippen molar-refractivity contribution < 1.29 is 52.0 Å². The molecule has 1 aromatic rings. The van der Waals surface area contributed by atoms with Gasteiger partial charge in [-0.25, -0.2) is 4.39 Å². The lowest BCUT2D eigenvalue weighted by Gasteiger charge is -2.43. The van der Waals surface area contributed by atoms with Crippen LogP contribution in [0.4, 0.5) is 4.39 Å². The molecule has 0 aromatic heterocycles. The van der Waals surface area contributed by atoms with Crippen molar-refractivity contribution in [2.45, 2.75) is 58.4 Å². The van der Waals surface area contributed by atoms with Crippen molar-refractivity contribution in [1.29, 1.82) is 0 Å². The maximum atomic E-state index is 13.2. The number of rotatable bonds is 7. The van der Waals surface area contributed by atoms with Gasteiger partial charge in [-0.3, -0.25) is 19.2 Å². The molecule has 31 heavy (non-hydrogen) atoms. The van der Waals surface area contributed by atoms with E-state index in [-0.39, 0.29) is 12.4 Å². The fourth-order valence-corrected chi connectivity index (χ4v) is 2.93. The average Bonchev–Trinajstić information content (AvgIpc) is 2.65. The van der Waals surface area contributed by atoms with Gasteiger partial charge in [0.2, 0.25) is 12.4 Å². The summed E-state index contributed by atoms with van der Waals surface area (Å²) in [5, 5.41) is 0. The number of carbonyl (C=O) groups is 4. The molecule has 0 spiro atoms. The third-order valence-electron chi connectivity index (χ3n) is 4.01. The Balaban J connectivity index is 2.43. The molecule has 10 nitrogen and oxygen atoms in total. The number of benzene rings is 1. The first-order valence-corrected chi connectivity index (χ1v) is 9.29. The highest BCUT2D eigenvalue weighted by Crippen LogP contribution is 2.31. The summed E-state index contributed by atoms with van der Waals surface area (Å²) >= 11 is 0. The molecule has 0 bridgehead atoms. The number of esters is 4. The van der Waals surface area contributed by atoms with Crippen molar-refractivity contribution in [2.75, 3.05) is 6.61 Å². The normalized spacial score (nSPS) is 25.1. The Hall–Kier alpha value is -3.21. The standard InChI is InChI=1S/C20H23FO10/c1-10(22)26-9-16-17(27-11(2)23)18(28-12(3)24)19(29-13(4)25)20(31-16)30-15-7-5-14(21)6-8-15/h5-8,16-20H,9H2,1-4H3/t16-,17-,18+,19-,20-/m1/s1. The van der Waals surface area contributed by atoms with E-state index in [1.165, 1.54) is 19.1 Å². The molecule has 0 amide bonds. The Labute approximate surface area is 177 Å². The zero-order valence-electron chi connectivity index (χ0n) is 17.4. The fraction of sp³-hybridized carbons (Fsp3) is 0.500. The zero-order valence-corrected chi connectivity index (χ0v) is 17.4. The van der Waals surface area contributed by atoms with E-state index in [1.807, 2.05) is 0 Å². The van der Waals surface area contributed by atoms with E-state index >= 15 is 0 Å². The molecule has 1 saturated heterocycles. The van der Waals surface area contributed by atoms with Gasteiger partial charge in [0.05, 0.1) is 0 Å². The summed E-state index contributed by atoms with van der Waals surface area (Å²) in [5.41, 5.74) is 0. The molecule has 170 valence electrons. The predicted molar refractivity (Wildman–Crippen MR) is 99.0 cm³/mol. The quantitative estimate of drug-likeness (QED) is 0.451. The predicted octanol–water partition coefficient (Wildman–Crippen LogP) is 1.29. The molecule has 1 fully saturated rings. The van der Waals surface area contributed by atoms with Crippen LogP contribution in [-0.4, -0.2) is 61.2 Å². The molecule has 2 rings (SSSR count). The van der Waals surface area contributed by atoms with Gasteiger partial charge in [-0.15, -0.1) is 0 Å². The van der Waals surface area contributed by atoms with Crippen LogP contribution in [0.25, 0.3) is 0 Å². The molecule has 0 saturated carbocycles. The second-order valence-electron chi connectivity index (χ2n) is 6.64. The summed E-state index contributed by atoms with van der Waals surface area (Å²) in [4.78, 5) is 46.4. The minimum atomic E-state index is -1.37. The Kier molecular flexibility index (Phi) is 8.31. The van der Waals surface area contributed by atoms with Crippen LogP contribution >= 0.6 is 0 Å². The van der Waals surface area contributed by atoms with Gasteiger partial charge in [-0.2, -0.15) is 0 Å². The summed E-state index contributed by atoms with van der Waals surface area (Å²) in [6, 6.07) is 4.90. The van der Waals surface area contributed by atoms with Crippen LogP contribution < -0.4 is 4.74 Å². The molecule has 1 heterocycles. The minimum Gasteiger partial charge on any atom is -0.463 e. The maximum Gasteiger partial charge on any atom is 0.303 e. The Morgan fingerprint density at radius 1 is 0.806 bits per heavy atom. The molecule has 0 unspecified atom stereocenters. The van der Waals surface area contributed by atoms with Gasteiger partial charge < -0.3 is 28.4 Å². The minimum absolute atomic E-state index is 0.155. The van der Waals surface area contributed by atoms with E-state index in [0.29, 0.717) is 0 Å². The molecule has 5 atom stereocenters. The fourth-order valence-electron chi connectivity index (χ4n) is 2.93. The largest absolute Gasteiger partial charge is 0.463 e. The number of ether oxygens (including phenoxy) is 6. The van der Waals surface area contributed by atoms with Crippen molar-refractivity contribution in [3.8, 4) is 5.75 Å². The van der Waals surface area contributed by atoms with Crippen LogP contribution in [0.15, 0.2) is 24.3 Å². The molecular weight excluding hydrogens is 419 g/mol. The highest BCUT2D eigenvalue weighted by atomic mass is 19.1. The van der Waals surface area contributed by atoms with Crippen LogP contribution in [0, 0.1) is 5.82 Å².